The van der Waals surface area contributed by atoms with Crippen molar-refractivity contribution in [2.24, 2.45) is 0 Å². The summed E-state index contributed by atoms with van der Waals surface area (Å²) in [5.74, 6) is -0.948. The molecule has 7 heteroatoms. The van der Waals surface area contributed by atoms with Gasteiger partial charge in [0.2, 0.25) is 11.8 Å². The summed E-state index contributed by atoms with van der Waals surface area (Å²) in [6, 6.07) is 11.8. The largest absolute Gasteiger partial charge is 0.325 e. The molecular formula is C18H19ClFN3O2. The van der Waals surface area contributed by atoms with E-state index in [9.17, 15) is 14.0 Å². The van der Waals surface area contributed by atoms with Gasteiger partial charge in [0.1, 0.15) is 5.82 Å². The van der Waals surface area contributed by atoms with Gasteiger partial charge in [0, 0.05) is 5.69 Å². The Morgan fingerprint density at radius 3 is 2.40 bits per heavy atom. The van der Waals surface area contributed by atoms with Crippen molar-refractivity contribution in [3.8, 4) is 0 Å². The maximum atomic E-state index is 12.9. The van der Waals surface area contributed by atoms with E-state index in [0.29, 0.717) is 16.4 Å². The Labute approximate surface area is 150 Å². The van der Waals surface area contributed by atoms with E-state index in [2.05, 4.69) is 10.6 Å². The van der Waals surface area contributed by atoms with Gasteiger partial charge in [-0.2, -0.15) is 0 Å². The van der Waals surface area contributed by atoms with Gasteiger partial charge >= 0.3 is 0 Å². The lowest BCUT2D eigenvalue weighted by molar-refractivity contribution is -0.122. The Kier molecular flexibility index (Phi) is 6.50. The maximum absolute atomic E-state index is 12.9. The van der Waals surface area contributed by atoms with E-state index in [1.165, 1.54) is 24.3 Å². The van der Waals surface area contributed by atoms with Crippen molar-refractivity contribution in [3.63, 3.8) is 0 Å². The number of carbonyl (C=O) groups is 2. The molecular weight excluding hydrogens is 345 g/mol. The molecule has 0 spiro atoms. The number of carbonyl (C=O) groups excluding carboxylic acids is 2. The van der Waals surface area contributed by atoms with E-state index in [4.69, 9.17) is 11.6 Å². The van der Waals surface area contributed by atoms with E-state index in [1.54, 1.807) is 43.1 Å². The number of nitrogens with zero attached hydrogens (tertiary/aromatic N) is 1. The molecule has 132 valence electrons. The fraction of sp³-hybridized carbons (Fsp3) is 0.222. The van der Waals surface area contributed by atoms with Crippen LogP contribution in [-0.2, 0) is 9.59 Å². The average Bonchev–Trinajstić information content (AvgIpc) is 2.58. The Hall–Kier alpha value is -2.44. The lowest BCUT2D eigenvalue weighted by Crippen LogP contribution is -2.43. The lowest BCUT2D eigenvalue weighted by atomic mass is 10.2. The first-order valence-electron chi connectivity index (χ1n) is 7.68. The molecule has 0 aromatic heterocycles. The molecule has 0 heterocycles. The van der Waals surface area contributed by atoms with Crippen molar-refractivity contribution in [3.05, 3.63) is 59.4 Å². The highest BCUT2D eigenvalue weighted by Crippen LogP contribution is 2.20. The standard InChI is InChI=1S/C18H19ClFN3O2/c1-12(18(25)21-14-9-7-13(20)8-10-14)23(2)11-17(24)22-16-6-4-3-5-15(16)19/h3-10,12H,11H2,1-2H3,(H,21,25)(H,22,24)/t12-/m1/s1. The molecule has 0 bridgehead atoms. The minimum absolute atomic E-state index is 0.0171. The predicted octanol–water partition coefficient (Wildman–Crippen LogP) is 3.38. The van der Waals surface area contributed by atoms with Crippen LogP contribution in [0.3, 0.4) is 0 Å². The van der Waals surface area contributed by atoms with Gasteiger partial charge in [0.25, 0.3) is 0 Å². The summed E-state index contributed by atoms with van der Waals surface area (Å²) in [6.45, 7) is 1.70. The molecule has 2 amide bonds. The zero-order valence-corrected chi connectivity index (χ0v) is 14.7. The Balaban J connectivity index is 1.89. The average molecular weight is 364 g/mol. The number of hydrogen-bond donors (Lipinski definition) is 2. The molecule has 1 atom stereocenters. The lowest BCUT2D eigenvalue weighted by Gasteiger charge is -2.23. The number of benzene rings is 2. The van der Waals surface area contributed by atoms with E-state index in [-0.39, 0.29) is 24.2 Å². The quantitative estimate of drug-likeness (QED) is 0.827. The topological polar surface area (TPSA) is 61.4 Å². The number of anilines is 2. The third-order valence-electron chi connectivity index (χ3n) is 3.69. The Bertz CT molecular complexity index is 752. The molecule has 2 aromatic carbocycles. The van der Waals surface area contributed by atoms with Crippen LogP contribution in [0.5, 0.6) is 0 Å². The smallest absolute Gasteiger partial charge is 0.241 e. The van der Waals surface area contributed by atoms with Crippen LogP contribution in [0.4, 0.5) is 15.8 Å². The summed E-state index contributed by atoms with van der Waals surface area (Å²) >= 11 is 6.00. The van der Waals surface area contributed by atoms with Crippen molar-refractivity contribution in [1.82, 2.24) is 4.90 Å². The van der Waals surface area contributed by atoms with Gasteiger partial charge < -0.3 is 10.6 Å². The molecule has 0 saturated carbocycles. The minimum Gasteiger partial charge on any atom is -0.325 e. The number of para-hydroxylation sites is 1. The fourth-order valence-corrected chi connectivity index (χ4v) is 2.28. The molecule has 0 saturated heterocycles. The molecule has 2 aromatic rings. The number of nitrogens with one attached hydrogen (secondary N) is 2. The zero-order valence-electron chi connectivity index (χ0n) is 13.9. The van der Waals surface area contributed by atoms with Gasteiger partial charge in [-0.25, -0.2) is 4.39 Å². The zero-order chi connectivity index (χ0) is 18.4. The Morgan fingerprint density at radius 1 is 1.12 bits per heavy atom. The van der Waals surface area contributed by atoms with E-state index in [1.807, 2.05) is 0 Å². The van der Waals surface area contributed by atoms with E-state index >= 15 is 0 Å². The monoisotopic (exact) mass is 363 g/mol. The number of hydrogen-bond acceptors (Lipinski definition) is 3. The summed E-state index contributed by atoms with van der Waals surface area (Å²) in [5, 5.41) is 5.83. The third kappa shape index (κ3) is 5.55. The number of likely N-dealkylation sites (N-methyl/N-ethyl adjacent to an activating group) is 1. The van der Waals surface area contributed by atoms with Crippen LogP contribution in [0.1, 0.15) is 6.92 Å². The molecule has 2 N–H and O–H groups in total. The van der Waals surface area contributed by atoms with Crippen molar-refractivity contribution >= 4 is 34.8 Å². The molecule has 0 radical (unpaired) electrons. The highest BCUT2D eigenvalue weighted by atomic mass is 35.5. The predicted molar refractivity (Wildman–Crippen MR) is 97.2 cm³/mol. The molecule has 0 aliphatic carbocycles. The van der Waals surface area contributed by atoms with Gasteiger partial charge in [-0.1, -0.05) is 23.7 Å². The first-order valence-corrected chi connectivity index (χ1v) is 8.05. The van der Waals surface area contributed by atoms with Crippen LogP contribution in [0.15, 0.2) is 48.5 Å². The molecule has 0 unspecified atom stereocenters. The number of amides is 2. The van der Waals surface area contributed by atoms with Crippen LogP contribution in [-0.4, -0.2) is 36.3 Å². The van der Waals surface area contributed by atoms with Gasteiger partial charge in [-0.3, -0.25) is 14.5 Å². The second-order valence-corrected chi connectivity index (χ2v) is 6.02. The van der Waals surface area contributed by atoms with Crippen LogP contribution in [0.25, 0.3) is 0 Å². The van der Waals surface area contributed by atoms with Gasteiger partial charge in [0.05, 0.1) is 23.3 Å². The SMILES string of the molecule is C[C@H](C(=O)Nc1ccc(F)cc1)N(C)CC(=O)Nc1ccccc1Cl. The van der Waals surface area contributed by atoms with Crippen LogP contribution >= 0.6 is 11.6 Å². The molecule has 0 aliphatic heterocycles. The van der Waals surface area contributed by atoms with Gasteiger partial charge in [-0.05, 0) is 50.4 Å². The second kappa shape index (κ2) is 8.60. The molecule has 0 aliphatic rings. The van der Waals surface area contributed by atoms with Gasteiger partial charge in [-0.15, -0.1) is 0 Å². The molecule has 2 rings (SSSR count). The third-order valence-corrected chi connectivity index (χ3v) is 4.02. The summed E-state index contributed by atoms with van der Waals surface area (Å²) in [4.78, 5) is 25.9. The summed E-state index contributed by atoms with van der Waals surface area (Å²) in [7, 11) is 1.67. The minimum atomic E-state index is -0.554. The maximum Gasteiger partial charge on any atom is 0.241 e. The first kappa shape index (κ1) is 18.9. The van der Waals surface area contributed by atoms with Crippen molar-refractivity contribution in [2.75, 3.05) is 24.2 Å². The second-order valence-electron chi connectivity index (χ2n) is 5.62. The number of halogens is 2. The van der Waals surface area contributed by atoms with E-state index < -0.39 is 6.04 Å². The van der Waals surface area contributed by atoms with Crippen molar-refractivity contribution in [2.45, 2.75) is 13.0 Å². The van der Waals surface area contributed by atoms with Crippen molar-refractivity contribution in [1.29, 1.82) is 0 Å². The normalized spacial score (nSPS) is 11.9. The van der Waals surface area contributed by atoms with Crippen molar-refractivity contribution < 1.29 is 14.0 Å². The number of rotatable bonds is 6. The van der Waals surface area contributed by atoms with Crippen LogP contribution in [0, 0.1) is 5.82 Å². The summed E-state index contributed by atoms with van der Waals surface area (Å²) in [5.41, 5.74) is 1.01. The molecule has 0 fully saturated rings. The van der Waals surface area contributed by atoms with Crippen LogP contribution < -0.4 is 10.6 Å². The van der Waals surface area contributed by atoms with E-state index in [0.717, 1.165) is 0 Å². The first-order chi connectivity index (χ1) is 11.9. The van der Waals surface area contributed by atoms with Gasteiger partial charge in [0.15, 0.2) is 0 Å². The Morgan fingerprint density at radius 2 is 1.76 bits per heavy atom. The summed E-state index contributed by atoms with van der Waals surface area (Å²) < 4.78 is 12.9. The highest BCUT2D eigenvalue weighted by Gasteiger charge is 2.20. The summed E-state index contributed by atoms with van der Waals surface area (Å²) in [6.07, 6.45) is 0. The molecule has 5 nitrogen and oxygen atoms in total. The fourth-order valence-electron chi connectivity index (χ4n) is 2.10. The molecule has 25 heavy (non-hydrogen) atoms. The van der Waals surface area contributed by atoms with Crippen LogP contribution in [0.2, 0.25) is 5.02 Å². The highest BCUT2D eigenvalue weighted by molar-refractivity contribution is 6.33.